The van der Waals surface area contributed by atoms with E-state index >= 15 is 0 Å². The zero-order valence-electron chi connectivity index (χ0n) is 11.1. The van der Waals surface area contributed by atoms with Crippen LogP contribution in [0.2, 0.25) is 0 Å². The lowest BCUT2D eigenvalue weighted by Crippen LogP contribution is -2.09. The van der Waals surface area contributed by atoms with Gasteiger partial charge in [0.05, 0.1) is 0 Å². The van der Waals surface area contributed by atoms with Gasteiger partial charge in [-0.1, -0.05) is 76.8 Å². The molecule has 2 atom stereocenters. The molecular weight excluding hydrogens is 192 g/mol. The maximum Gasteiger partial charge on any atom is -0.0139 e. The first-order valence-corrected chi connectivity index (χ1v) is 6.84. The highest BCUT2D eigenvalue weighted by Gasteiger charge is 2.16. The van der Waals surface area contributed by atoms with Gasteiger partial charge in [-0.2, -0.15) is 0 Å². The Kier molecular flexibility index (Phi) is 6.22. The molecule has 0 heteroatoms. The quantitative estimate of drug-likeness (QED) is 0.538. The molecule has 0 aromatic heterocycles. The molecule has 0 saturated heterocycles. The molecule has 0 fully saturated rings. The highest BCUT2D eigenvalue weighted by molar-refractivity contribution is 5.19. The molecule has 1 aromatic carbocycles. The van der Waals surface area contributed by atoms with Crippen LogP contribution in [0.5, 0.6) is 0 Å². The Morgan fingerprint density at radius 1 is 1.00 bits per heavy atom. The summed E-state index contributed by atoms with van der Waals surface area (Å²) in [7, 11) is 0. The van der Waals surface area contributed by atoms with Crippen LogP contribution in [0.4, 0.5) is 0 Å². The van der Waals surface area contributed by atoms with E-state index in [1.54, 1.807) is 0 Å². The van der Waals surface area contributed by atoms with Crippen molar-refractivity contribution < 1.29 is 0 Å². The molecule has 0 nitrogen and oxygen atoms in total. The zero-order valence-corrected chi connectivity index (χ0v) is 11.1. The van der Waals surface area contributed by atoms with Crippen molar-refractivity contribution in [3.63, 3.8) is 0 Å². The van der Waals surface area contributed by atoms with Crippen molar-refractivity contribution in [1.29, 1.82) is 0 Å². The maximum absolute atomic E-state index is 2.41. The van der Waals surface area contributed by atoms with Crippen LogP contribution in [0.25, 0.3) is 0 Å². The number of hydrogen-bond donors (Lipinski definition) is 0. The van der Waals surface area contributed by atoms with Crippen molar-refractivity contribution in [3.05, 3.63) is 35.9 Å². The fourth-order valence-electron chi connectivity index (χ4n) is 2.58. The summed E-state index contributed by atoms with van der Waals surface area (Å²) in [5.41, 5.74) is 1.52. The highest BCUT2D eigenvalue weighted by atomic mass is 14.2. The molecule has 0 aliphatic rings. The predicted octanol–water partition coefficient (Wildman–Crippen LogP) is 5.40. The van der Waals surface area contributed by atoms with Gasteiger partial charge in [0, 0.05) is 0 Å². The van der Waals surface area contributed by atoms with Crippen LogP contribution >= 0.6 is 0 Å². The standard InChI is InChI=1S/C16H26/c1-4-6-8-11-14(3)16(5-2)15-12-9-7-10-13-15/h7,9-10,12-14,16H,4-6,8,11H2,1-3H3. The third kappa shape index (κ3) is 4.00. The summed E-state index contributed by atoms with van der Waals surface area (Å²) in [6.45, 7) is 7.00. The number of hydrogen-bond acceptors (Lipinski definition) is 0. The molecule has 16 heavy (non-hydrogen) atoms. The smallest absolute Gasteiger partial charge is 0.0139 e. The molecule has 0 bridgehead atoms. The van der Waals surface area contributed by atoms with Crippen LogP contribution in [0, 0.1) is 5.92 Å². The summed E-state index contributed by atoms with van der Waals surface area (Å²) in [5.74, 6) is 1.57. The Bertz CT molecular complexity index is 263. The lowest BCUT2D eigenvalue weighted by molar-refractivity contribution is 0.402. The summed E-state index contributed by atoms with van der Waals surface area (Å²) < 4.78 is 0. The van der Waals surface area contributed by atoms with Gasteiger partial charge in [0.1, 0.15) is 0 Å². The van der Waals surface area contributed by atoms with Crippen LogP contribution < -0.4 is 0 Å². The molecular formula is C16H26. The second kappa shape index (κ2) is 7.49. The largest absolute Gasteiger partial charge is 0.0654 e. The minimum Gasteiger partial charge on any atom is -0.0654 e. The first-order chi connectivity index (χ1) is 7.79. The third-order valence-corrected chi connectivity index (χ3v) is 3.62. The summed E-state index contributed by atoms with van der Waals surface area (Å²) in [5, 5.41) is 0. The van der Waals surface area contributed by atoms with E-state index in [9.17, 15) is 0 Å². The van der Waals surface area contributed by atoms with E-state index in [0.717, 1.165) is 11.8 Å². The molecule has 0 saturated carbocycles. The van der Waals surface area contributed by atoms with Gasteiger partial charge >= 0.3 is 0 Å². The SMILES string of the molecule is CCCCCC(C)C(CC)c1ccccc1. The summed E-state index contributed by atoms with van der Waals surface area (Å²) in [4.78, 5) is 0. The van der Waals surface area contributed by atoms with E-state index in [0.29, 0.717) is 0 Å². The van der Waals surface area contributed by atoms with Crippen molar-refractivity contribution in [2.24, 2.45) is 5.92 Å². The molecule has 0 aliphatic carbocycles. The van der Waals surface area contributed by atoms with Crippen LogP contribution in [0.1, 0.15) is 64.4 Å². The van der Waals surface area contributed by atoms with E-state index in [1.807, 2.05) is 0 Å². The Labute approximate surface area is 101 Å². The van der Waals surface area contributed by atoms with E-state index in [4.69, 9.17) is 0 Å². The number of benzene rings is 1. The van der Waals surface area contributed by atoms with Gasteiger partial charge in [0.15, 0.2) is 0 Å². The lowest BCUT2D eigenvalue weighted by Gasteiger charge is -2.23. The Hall–Kier alpha value is -0.780. The number of rotatable bonds is 7. The van der Waals surface area contributed by atoms with Gasteiger partial charge in [0.25, 0.3) is 0 Å². The van der Waals surface area contributed by atoms with Gasteiger partial charge in [-0.05, 0) is 23.8 Å². The summed E-state index contributed by atoms with van der Waals surface area (Å²) in [6.07, 6.45) is 6.74. The minimum atomic E-state index is 0.748. The lowest BCUT2D eigenvalue weighted by atomic mass is 9.82. The van der Waals surface area contributed by atoms with Crippen molar-refractivity contribution in [2.45, 2.75) is 58.8 Å². The van der Waals surface area contributed by atoms with Crippen LogP contribution in [-0.4, -0.2) is 0 Å². The molecule has 2 unspecified atom stereocenters. The second-order valence-electron chi connectivity index (χ2n) is 4.90. The van der Waals surface area contributed by atoms with Gasteiger partial charge in [0.2, 0.25) is 0 Å². The van der Waals surface area contributed by atoms with E-state index in [2.05, 4.69) is 51.1 Å². The van der Waals surface area contributed by atoms with Gasteiger partial charge < -0.3 is 0 Å². The fourth-order valence-corrected chi connectivity index (χ4v) is 2.58. The number of unbranched alkanes of at least 4 members (excludes halogenated alkanes) is 2. The van der Waals surface area contributed by atoms with Gasteiger partial charge in [-0.3, -0.25) is 0 Å². The van der Waals surface area contributed by atoms with Gasteiger partial charge in [-0.25, -0.2) is 0 Å². The van der Waals surface area contributed by atoms with Crippen molar-refractivity contribution in [2.75, 3.05) is 0 Å². The average Bonchev–Trinajstić information content (AvgIpc) is 2.32. The summed E-state index contributed by atoms with van der Waals surface area (Å²) in [6, 6.07) is 11.0. The minimum absolute atomic E-state index is 0.748. The topological polar surface area (TPSA) is 0 Å². The third-order valence-electron chi connectivity index (χ3n) is 3.62. The Balaban J connectivity index is 2.53. The molecule has 1 aromatic rings. The first-order valence-electron chi connectivity index (χ1n) is 6.84. The van der Waals surface area contributed by atoms with Crippen molar-refractivity contribution in [3.8, 4) is 0 Å². The van der Waals surface area contributed by atoms with Crippen LogP contribution in [-0.2, 0) is 0 Å². The summed E-state index contributed by atoms with van der Waals surface area (Å²) >= 11 is 0. The fraction of sp³-hybridized carbons (Fsp3) is 0.625. The molecule has 0 N–H and O–H groups in total. The van der Waals surface area contributed by atoms with Crippen LogP contribution in [0.15, 0.2) is 30.3 Å². The van der Waals surface area contributed by atoms with Crippen molar-refractivity contribution >= 4 is 0 Å². The normalized spacial score (nSPS) is 14.7. The zero-order chi connectivity index (χ0) is 11.8. The van der Waals surface area contributed by atoms with Crippen LogP contribution in [0.3, 0.4) is 0 Å². The highest BCUT2D eigenvalue weighted by Crippen LogP contribution is 2.31. The molecule has 0 heterocycles. The second-order valence-corrected chi connectivity index (χ2v) is 4.90. The Morgan fingerprint density at radius 2 is 1.69 bits per heavy atom. The monoisotopic (exact) mass is 218 g/mol. The molecule has 0 amide bonds. The molecule has 1 rings (SSSR count). The molecule has 0 spiro atoms. The van der Waals surface area contributed by atoms with E-state index in [-0.39, 0.29) is 0 Å². The molecule has 90 valence electrons. The maximum atomic E-state index is 2.41. The first kappa shape index (κ1) is 13.3. The van der Waals surface area contributed by atoms with Gasteiger partial charge in [-0.15, -0.1) is 0 Å². The Morgan fingerprint density at radius 3 is 2.25 bits per heavy atom. The molecule has 0 radical (unpaired) electrons. The van der Waals surface area contributed by atoms with E-state index in [1.165, 1.54) is 37.7 Å². The molecule has 0 aliphatic heterocycles. The average molecular weight is 218 g/mol. The van der Waals surface area contributed by atoms with Crippen molar-refractivity contribution in [1.82, 2.24) is 0 Å². The predicted molar refractivity (Wildman–Crippen MR) is 72.8 cm³/mol. The van der Waals surface area contributed by atoms with E-state index < -0.39 is 0 Å².